The lowest BCUT2D eigenvalue weighted by Gasteiger charge is -2.27. The van der Waals surface area contributed by atoms with E-state index in [0.717, 1.165) is 10.6 Å². The number of carbonyl (C=O) groups excluding carboxylic acids is 1. The molecule has 0 saturated heterocycles. The number of para-hydroxylation sites is 2. The largest absolute Gasteiger partial charge is 0.486 e. The molecule has 0 radical (unpaired) electrons. The van der Waals surface area contributed by atoms with Crippen LogP contribution >= 0.6 is 23.2 Å². The lowest BCUT2D eigenvalue weighted by atomic mass is 10.2. The van der Waals surface area contributed by atoms with Crippen LogP contribution in [0.4, 0.5) is 5.69 Å². The first-order valence-corrected chi connectivity index (χ1v) is 10.9. The van der Waals surface area contributed by atoms with E-state index in [1.165, 1.54) is 12.1 Å². The molecule has 28 heavy (non-hydrogen) atoms. The number of nitrogens with zero attached hydrogens (tertiary/aromatic N) is 1. The van der Waals surface area contributed by atoms with Crippen molar-refractivity contribution in [3.05, 3.63) is 52.5 Å². The number of halogens is 2. The van der Waals surface area contributed by atoms with Gasteiger partial charge in [-0.1, -0.05) is 41.4 Å². The fraction of sp³-hybridized carbons (Fsp3) is 0.278. The van der Waals surface area contributed by atoms with Gasteiger partial charge in [-0.2, -0.15) is 0 Å². The monoisotopic (exact) mass is 444 g/mol. The number of fused-ring (bicyclic) bond motifs is 1. The molecule has 0 fully saturated rings. The maximum absolute atomic E-state index is 12.4. The third-order valence-electron chi connectivity index (χ3n) is 3.98. The summed E-state index contributed by atoms with van der Waals surface area (Å²) in [5.74, 6) is 0.726. The minimum Gasteiger partial charge on any atom is -0.486 e. The number of hydrogen-bond acceptors (Lipinski definition) is 5. The van der Waals surface area contributed by atoms with E-state index >= 15 is 0 Å². The van der Waals surface area contributed by atoms with Gasteiger partial charge >= 0.3 is 0 Å². The lowest BCUT2D eigenvalue weighted by Crippen LogP contribution is -2.45. The Labute approximate surface area is 173 Å². The van der Waals surface area contributed by atoms with Crippen molar-refractivity contribution in [1.29, 1.82) is 0 Å². The van der Waals surface area contributed by atoms with Crippen LogP contribution in [-0.2, 0) is 14.8 Å². The summed E-state index contributed by atoms with van der Waals surface area (Å²) in [5, 5.41) is 2.92. The van der Waals surface area contributed by atoms with E-state index in [1.807, 2.05) is 12.1 Å². The van der Waals surface area contributed by atoms with E-state index in [-0.39, 0.29) is 35.0 Å². The minimum absolute atomic E-state index is 0.0583. The number of sulfonamides is 1. The van der Waals surface area contributed by atoms with E-state index in [0.29, 0.717) is 11.5 Å². The molecule has 1 heterocycles. The molecule has 0 bridgehead atoms. The van der Waals surface area contributed by atoms with Gasteiger partial charge in [-0.05, 0) is 24.3 Å². The molecule has 3 rings (SSSR count). The van der Waals surface area contributed by atoms with Gasteiger partial charge in [0, 0.05) is 0 Å². The molecule has 2 aromatic carbocycles. The summed E-state index contributed by atoms with van der Waals surface area (Å²) >= 11 is 12.1. The van der Waals surface area contributed by atoms with E-state index in [4.69, 9.17) is 32.7 Å². The number of ether oxygens (including phenoxy) is 2. The van der Waals surface area contributed by atoms with Crippen LogP contribution in [0.3, 0.4) is 0 Å². The van der Waals surface area contributed by atoms with Crippen LogP contribution in [0.5, 0.6) is 11.5 Å². The Bertz CT molecular complexity index is 984. The van der Waals surface area contributed by atoms with E-state index in [2.05, 4.69) is 5.32 Å². The molecule has 0 unspecified atom stereocenters. The van der Waals surface area contributed by atoms with E-state index in [1.54, 1.807) is 18.2 Å². The Hall–Kier alpha value is -2.16. The van der Waals surface area contributed by atoms with Crippen molar-refractivity contribution in [2.45, 2.75) is 6.10 Å². The fourth-order valence-corrected chi connectivity index (χ4v) is 3.95. The van der Waals surface area contributed by atoms with Gasteiger partial charge in [-0.25, -0.2) is 8.42 Å². The van der Waals surface area contributed by atoms with Gasteiger partial charge in [0.25, 0.3) is 0 Å². The maximum Gasteiger partial charge on any atom is 0.240 e. The molecule has 0 aliphatic carbocycles. The predicted octanol–water partition coefficient (Wildman–Crippen LogP) is 2.72. The number of rotatable bonds is 6. The Balaban J connectivity index is 1.64. The summed E-state index contributed by atoms with van der Waals surface area (Å²) in [5.41, 5.74) is 0.137. The molecule has 1 amide bonds. The lowest BCUT2D eigenvalue weighted by molar-refractivity contribution is -0.120. The Morgan fingerprint density at radius 3 is 2.61 bits per heavy atom. The molecular formula is C18H18Cl2N2O5S. The first-order chi connectivity index (χ1) is 13.3. The number of nitrogens with one attached hydrogen (secondary N) is 1. The summed E-state index contributed by atoms with van der Waals surface area (Å²) in [6.07, 6.45) is 0.604. The molecule has 1 N–H and O–H groups in total. The van der Waals surface area contributed by atoms with Crippen LogP contribution in [-0.4, -0.2) is 46.4 Å². The van der Waals surface area contributed by atoms with Crippen LogP contribution in [0, 0.1) is 0 Å². The second kappa shape index (κ2) is 8.46. The quantitative estimate of drug-likeness (QED) is 0.739. The Morgan fingerprint density at radius 1 is 1.18 bits per heavy atom. The summed E-state index contributed by atoms with van der Waals surface area (Å²) in [6, 6.07) is 11.8. The van der Waals surface area contributed by atoms with Crippen molar-refractivity contribution in [1.82, 2.24) is 5.32 Å². The highest BCUT2D eigenvalue weighted by atomic mass is 35.5. The van der Waals surface area contributed by atoms with Gasteiger partial charge < -0.3 is 14.8 Å². The second-order valence-corrected chi connectivity index (χ2v) is 8.84. The average Bonchev–Trinajstić information content (AvgIpc) is 2.66. The van der Waals surface area contributed by atoms with Crippen LogP contribution in [0.1, 0.15) is 0 Å². The number of amides is 1. The average molecular weight is 445 g/mol. The molecule has 150 valence electrons. The molecule has 7 nitrogen and oxygen atoms in total. The van der Waals surface area contributed by atoms with Crippen molar-refractivity contribution in [3.63, 3.8) is 0 Å². The van der Waals surface area contributed by atoms with Crippen LogP contribution in [0.15, 0.2) is 42.5 Å². The zero-order valence-electron chi connectivity index (χ0n) is 14.9. The molecule has 0 saturated carbocycles. The zero-order chi connectivity index (χ0) is 20.3. The second-order valence-electron chi connectivity index (χ2n) is 6.14. The molecule has 10 heteroatoms. The standard InChI is InChI=1S/C18H18Cl2N2O5S/c1-28(24,25)22(14-6-4-5-13(19)18(14)20)10-17(23)21-9-12-11-26-15-7-2-3-8-16(15)27-12/h2-8,12H,9-11H2,1H3,(H,21,23)/t12-/m1/s1. The smallest absolute Gasteiger partial charge is 0.240 e. The van der Waals surface area contributed by atoms with Crippen LogP contribution < -0.4 is 19.1 Å². The number of hydrogen-bond donors (Lipinski definition) is 1. The third kappa shape index (κ3) is 4.81. The summed E-state index contributed by atoms with van der Waals surface area (Å²) in [6.45, 7) is -0.00961. The topological polar surface area (TPSA) is 84.9 Å². The van der Waals surface area contributed by atoms with Gasteiger partial charge in [-0.15, -0.1) is 0 Å². The molecule has 2 aromatic rings. The minimum atomic E-state index is -3.76. The summed E-state index contributed by atoms with van der Waals surface area (Å²) in [4.78, 5) is 12.4. The van der Waals surface area contributed by atoms with Gasteiger partial charge in [0.1, 0.15) is 19.3 Å². The van der Waals surface area contributed by atoms with Gasteiger partial charge in [-0.3, -0.25) is 9.10 Å². The first kappa shape index (κ1) is 20.6. The molecule has 0 aromatic heterocycles. The zero-order valence-corrected chi connectivity index (χ0v) is 17.2. The normalized spacial score (nSPS) is 15.8. The van der Waals surface area contributed by atoms with Gasteiger partial charge in [0.2, 0.25) is 15.9 Å². The van der Waals surface area contributed by atoms with Crippen LogP contribution in [0.2, 0.25) is 10.0 Å². The third-order valence-corrected chi connectivity index (χ3v) is 5.92. The van der Waals surface area contributed by atoms with Gasteiger partial charge in [0.05, 0.1) is 28.5 Å². The van der Waals surface area contributed by atoms with Crippen molar-refractivity contribution in [2.24, 2.45) is 0 Å². The van der Waals surface area contributed by atoms with Crippen molar-refractivity contribution in [3.8, 4) is 11.5 Å². The van der Waals surface area contributed by atoms with Crippen molar-refractivity contribution in [2.75, 3.05) is 30.3 Å². The number of carbonyl (C=O) groups is 1. The molecule has 0 spiro atoms. The van der Waals surface area contributed by atoms with Crippen molar-refractivity contribution < 1.29 is 22.7 Å². The van der Waals surface area contributed by atoms with Crippen molar-refractivity contribution >= 4 is 44.8 Å². The van der Waals surface area contributed by atoms with Crippen LogP contribution in [0.25, 0.3) is 0 Å². The fourth-order valence-electron chi connectivity index (χ4n) is 2.64. The molecule has 1 aliphatic heterocycles. The number of anilines is 1. The van der Waals surface area contributed by atoms with E-state index in [9.17, 15) is 13.2 Å². The Kier molecular flexibility index (Phi) is 6.22. The Morgan fingerprint density at radius 2 is 1.89 bits per heavy atom. The number of benzene rings is 2. The molecular weight excluding hydrogens is 427 g/mol. The SMILES string of the molecule is CS(=O)(=O)N(CC(=O)NC[C@@H]1COc2ccccc2O1)c1cccc(Cl)c1Cl. The highest BCUT2D eigenvalue weighted by Crippen LogP contribution is 2.33. The molecule has 1 atom stereocenters. The maximum atomic E-state index is 12.4. The summed E-state index contributed by atoms with van der Waals surface area (Å²) in [7, 11) is -3.76. The highest BCUT2D eigenvalue weighted by molar-refractivity contribution is 7.92. The molecule has 1 aliphatic rings. The highest BCUT2D eigenvalue weighted by Gasteiger charge is 2.25. The first-order valence-electron chi connectivity index (χ1n) is 8.32. The van der Waals surface area contributed by atoms with Gasteiger partial charge in [0.15, 0.2) is 11.5 Å². The summed E-state index contributed by atoms with van der Waals surface area (Å²) < 4.78 is 36.6. The predicted molar refractivity (Wildman–Crippen MR) is 108 cm³/mol. The van der Waals surface area contributed by atoms with E-state index < -0.39 is 22.5 Å².